The van der Waals surface area contributed by atoms with Crippen molar-refractivity contribution >= 4 is 15.7 Å². The van der Waals surface area contributed by atoms with Crippen LogP contribution in [0.4, 0.5) is 0 Å². The molecule has 1 saturated heterocycles. The predicted molar refractivity (Wildman–Crippen MR) is 79.2 cm³/mol. The number of hydrogen-bond donors (Lipinski definition) is 1. The Morgan fingerprint density at radius 2 is 2.10 bits per heavy atom. The molecule has 0 spiro atoms. The van der Waals surface area contributed by atoms with Crippen LogP contribution in [0.2, 0.25) is 0 Å². The molecule has 5 nitrogen and oxygen atoms in total. The quantitative estimate of drug-likeness (QED) is 0.895. The van der Waals surface area contributed by atoms with Gasteiger partial charge in [0.15, 0.2) is 16.4 Å². The van der Waals surface area contributed by atoms with Gasteiger partial charge >= 0.3 is 0 Å². The number of ether oxygens (including phenoxy) is 1. The molecule has 1 aliphatic carbocycles. The van der Waals surface area contributed by atoms with Crippen molar-refractivity contribution in [3.8, 4) is 5.75 Å². The first-order chi connectivity index (χ1) is 10.0. The molecule has 21 heavy (non-hydrogen) atoms. The van der Waals surface area contributed by atoms with E-state index in [2.05, 4.69) is 11.4 Å². The van der Waals surface area contributed by atoms with Crippen LogP contribution in [0.5, 0.6) is 5.75 Å². The minimum atomic E-state index is -2.97. The Labute approximate surface area is 124 Å². The minimum Gasteiger partial charge on any atom is -0.484 e. The highest BCUT2D eigenvalue weighted by Crippen LogP contribution is 2.25. The van der Waals surface area contributed by atoms with Crippen LogP contribution in [0.25, 0.3) is 0 Å². The van der Waals surface area contributed by atoms with Crippen LogP contribution in [0, 0.1) is 0 Å². The van der Waals surface area contributed by atoms with E-state index in [0.717, 1.165) is 12.8 Å². The van der Waals surface area contributed by atoms with Crippen LogP contribution in [0.1, 0.15) is 24.0 Å². The molecule has 1 amide bonds. The molecule has 1 heterocycles. The molecular formula is C15H19NO4S. The number of amides is 1. The van der Waals surface area contributed by atoms with Gasteiger partial charge in [0, 0.05) is 6.04 Å². The van der Waals surface area contributed by atoms with Gasteiger partial charge in [0.05, 0.1) is 11.5 Å². The molecule has 0 saturated carbocycles. The molecule has 114 valence electrons. The maximum absolute atomic E-state index is 11.8. The van der Waals surface area contributed by atoms with Gasteiger partial charge < -0.3 is 10.1 Å². The van der Waals surface area contributed by atoms with Crippen molar-refractivity contribution in [1.82, 2.24) is 5.32 Å². The van der Waals surface area contributed by atoms with E-state index >= 15 is 0 Å². The normalized spacial score (nSPS) is 22.8. The number of carbonyl (C=O) groups is 1. The second kappa shape index (κ2) is 5.67. The molecule has 0 aromatic heterocycles. The third kappa shape index (κ3) is 3.56. The highest BCUT2D eigenvalue weighted by Gasteiger charge is 2.28. The number of fused-ring (bicyclic) bond motifs is 1. The van der Waals surface area contributed by atoms with E-state index in [-0.39, 0.29) is 30.1 Å². The first-order valence-corrected chi connectivity index (χ1v) is 9.08. The summed E-state index contributed by atoms with van der Waals surface area (Å²) in [5.41, 5.74) is 2.66. The zero-order chi connectivity index (χ0) is 14.9. The van der Waals surface area contributed by atoms with Crippen LogP contribution < -0.4 is 10.1 Å². The van der Waals surface area contributed by atoms with Crippen molar-refractivity contribution in [2.45, 2.75) is 31.7 Å². The third-order valence-corrected chi connectivity index (χ3v) is 5.81. The molecule has 1 aliphatic heterocycles. The van der Waals surface area contributed by atoms with Crippen molar-refractivity contribution in [3.05, 3.63) is 29.3 Å². The molecule has 0 bridgehead atoms. The van der Waals surface area contributed by atoms with Crippen molar-refractivity contribution < 1.29 is 17.9 Å². The average Bonchev–Trinajstić information content (AvgIpc) is 3.02. The second-order valence-corrected chi connectivity index (χ2v) is 7.97. The van der Waals surface area contributed by atoms with Crippen LogP contribution in [0.15, 0.2) is 18.2 Å². The van der Waals surface area contributed by atoms with Crippen molar-refractivity contribution in [1.29, 1.82) is 0 Å². The summed E-state index contributed by atoms with van der Waals surface area (Å²) in [6.07, 6.45) is 3.85. The molecule has 2 aliphatic rings. The molecule has 0 radical (unpaired) electrons. The number of rotatable bonds is 4. The van der Waals surface area contributed by atoms with Gasteiger partial charge in [-0.05, 0) is 48.9 Å². The lowest BCUT2D eigenvalue weighted by Gasteiger charge is -2.12. The third-order valence-electron chi connectivity index (χ3n) is 4.04. The van der Waals surface area contributed by atoms with E-state index in [0.29, 0.717) is 12.2 Å². The summed E-state index contributed by atoms with van der Waals surface area (Å²) in [4.78, 5) is 11.8. The smallest absolute Gasteiger partial charge is 0.258 e. The van der Waals surface area contributed by atoms with Crippen molar-refractivity contribution in [2.75, 3.05) is 18.1 Å². The summed E-state index contributed by atoms with van der Waals surface area (Å²) in [5, 5.41) is 2.71. The minimum absolute atomic E-state index is 0.0393. The number of nitrogens with one attached hydrogen (secondary N) is 1. The summed E-state index contributed by atoms with van der Waals surface area (Å²) in [5.74, 6) is 0.628. The Kier molecular flexibility index (Phi) is 3.89. The predicted octanol–water partition coefficient (Wildman–Crippen LogP) is 0.857. The zero-order valence-electron chi connectivity index (χ0n) is 11.8. The van der Waals surface area contributed by atoms with Crippen molar-refractivity contribution in [2.24, 2.45) is 0 Å². The molecule has 1 fully saturated rings. The molecule has 1 aromatic rings. The number of benzene rings is 1. The summed E-state index contributed by atoms with van der Waals surface area (Å²) in [7, 11) is -2.97. The van der Waals surface area contributed by atoms with Gasteiger partial charge in [-0.15, -0.1) is 0 Å². The summed E-state index contributed by atoms with van der Waals surface area (Å²) < 4.78 is 28.1. The Morgan fingerprint density at radius 3 is 2.86 bits per heavy atom. The Balaban J connectivity index is 1.50. The number of carbonyl (C=O) groups excluding carboxylic acids is 1. The first kappa shape index (κ1) is 14.4. The van der Waals surface area contributed by atoms with Gasteiger partial charge in [-0.2, -0.15) is 0 Å². The summed E-state index contributed by atoms with van der Waals surface area (Å²) >= 11 is 0. The maximum atomic E-state index is 11.8. The monoisotopic (exact) mass is 309 g/mol. The lowest BCUT2D eigenvalue weighted by molar-refractivity contribution is -0.123. The highest BCUT2D eigenvalue weighted by atomic mass is 32.2. The molecule has 1 atom stereocenters. The van der Waals surface area contributed by atoms with Gasteiger partial charge in [-0.25, -0.2) is 8.42 Å². The Bertz CT molecular complexity index is 654. The van der Waals surface area contributed by atoms with Crippen LogP contribution >= 0.6 is 0 Å². The molecule has 6 heteroatoms. The molecule has 3 rings (SSSR count). The van der Waals surface area contributed by atoms with Gasteiger partial charge in [-0.1, -0.05) is 6.07 Å². The summed E-state index contributed by atoms with van der Waals surface area (Å²) in [6, 6.07) is 5.66. The average molecular weight is 309 g/mol. The van der Waals surface area contributed by atoms with Gasteiger partial charge in [0.2, 0.25) is 0 Å². The van der Waals surface area contributed by atoms with E-state index in [4.69, 9.17) is 4.74 Å². The molecular weight excluding hydrogens is 290 g/mol. The fourth-order valence-corrected chi connectivity index (χ4v) is 4.64. The van der Waals surface area contributed by atoms with E-state index in [1.807, 2.05) is 12.1 Å². The first-order valence-electron chi connectivity index (χ1n) is 7.26. The van der Waals surface area contributed by atoms with E-state index in [1.54, 1.807) is 0 Å². The Hall–Kier alpha value is -1.56. The zero-order valence-corrected chi connectivity index (χ0v) is 12.6. The lowest BCUT2D eigenvalue weighted by atomic mass is 10.1. The van der Waals surface area contributed by atoms with E-state index in [1.165, 1.54) is 17.5 Å². The second-order valence-electron chi connectivity index (χ2n) is 5.74. The van der Waals surface area contributed by atoms with Gasteiger partial charge in [0.1, 0.15) is 5.75 Å². The number of sulfone groups is 1. The SMILES string of the molecule is O=C(COc1ccc2c(c1)CCC2)N[C@H]1CCS(=O)(=O)C1. The van der Waals surface area contributed by atoms with Crippen LogP contribution in [-0.4, -0.2) is 38.5 Å². The Morgan fingerprint density at radius 1 is 1.29 bits per heavy atom. The molecule has 1 N–H and O–H groups in total. The molecule has 1 aromatic carbocycles. The topological polar surface area (TPSA) is 72.5 Å². The van der Waals surface area contributed by atoms with E-state index in [9.17, 15) is 13.2 Å². The van der Waals surface area contributed by atoms with E-state index < -0.39 is 9.84 Å². The van der Waals surface area contributed by atoms with Crippen LogP contribution in [0.3, 0.4) is 0 Å². The lowest BCUT2D eigenvalue weighted by Crippen LogP contribution is -2.38. The largest absolute Gasteiger partial charge is 0.484 e. The standard InChI is InChI=1S/C15H19NO4S/c17-15(16-13-6-7-21(18,19)10-13)9-20-14-5-4-11-2-1-3-12(11)8-14/h4-5,8,13H,1-3,6-7,9-10H2,(H,16,17)/t13-/m0/s1. The number of hydrogen-bond acceptors (Lipinski definition) is 4. The molecule has 0 unspecified atom stereocenters. The van der Waals surface area contributed by atoms with Crippen LogP contribution in [-0.2, 0) is 27.5 Å². The van der Waals surface area contributed by atoms with Gasteiger partial charge in [-0.3, -0.25) is 4.79 Å². The maximum Gasteiger partial charge on any atom is 0.258 e. The fourth-order valence-electron chi connectivity index (χ4n) is 2.97. The van der Waals surface area contributed by atoms with Gasteiger partial charge in [0.25, 0.3) is 5.91 Å². The highest BCUT2D eigenvalue weighted by molar-refractivity contribution is 7.91. The van der Waals surface area contributed by atoms with Crippen molar-refractivity contribution in [3.63, 3.8) is 0 Å². The summed E-state index contributed by atoms with van der Waals surface area (Å²) in [6.45, 7) is -0.0741. The number of aryl methyl sites for hydroxylation is 2. The fraction of sp³-hybridized carbons (Fsp3) is 0.533.